The maximum atomic E-state index is 9.59. The van der Waals surface area contributed by atoms with E-state index >= 15 is 0 Å². The Morgan fingerprint density at radius 3 is 2.00 bits per heavy atom. The van der Waals surface area contributed by atoms with Crippen LogP contribution in [0.2, 0.25) is 0 Å². The fraction of sp³-hybridized carbons (Fsp3) is 0.455. The first kappa shape index (κ1) is 16.9. The fourth-order valence-electron chi connectivity index (χ4n) is 5.09. The summed E-state index contributed by atoms with van der Waals surface area (Å²) in [7, 11) is 0. The van der Waals surface area contributed by atoms with Crippen LogP contribution in [0.25, 0.3) is 0 Å². The summed E-state index contributed by atoms with van der Waals surface area (Å²) in [6, 6.07) is 15.4. The summed E-state index contributed by atoms with van der Waals surface area (Å²) in [5, 5.41) is 19.1. The van der Waals surface area contributed by atoms with Crippen LogP contribution >= 0.6 is 0 Å². The summed E-state index contributed by atoms with van der Waals surface area (Å²) in [5.74, 6) is 1.33. The quantitative estimate of drug-likeness (QED) is 0.791. The molecule has 2 aromatic carbocycles. The standard InChI is InChI=1S/C22H28O2/c1-16-12-21(2,14-17-4-8-19(23)9-5-17)15-22(3,13-16)18-6-10-20(24)11-7-18/h4-11,16,23-24H,12-15H2,1-3H3. The Hall–Kier alpha value is -1.96. The first-order valence-electron chi connectivity index (χ1n) is 8.86. The Balaban J connectivity index is 1.86. The third-order valence-corrected chi connectivity index (χ3v) is 5.59. The minimum absolute atomic E-state index is 0.136. The van der Waals surface area contributed by atoms with E-state index in [0.717, 1.165) is 12.8 Å². The predicted molar refractivity (Wildman–Crippen MR) is 98.4 cm³/mol. The monoisotopic (exact) mass is 324 g/mol. The van der Waals surface area contributed by atoms with Crippen molar-refractivity contribution in [3.8, 4) is 11.5 Å². The van der Waals surface area contributed by atoms with Crippen molar-refractivity contribution in [2.75, 3.05) is 0 Å². The lowest BCUT2D eigenvalue weighted by Crippen LogP contribution is -2.40. The molecule has 0 aliphatic heterocycles. The Bertz CT molecular complexity index is 689. The average Bonchev–Trinajstić information content (AvgIpc) is 2.48. The average molecular weight is 324 g/mol. The van der Waals surface area contributed by atoms with Crippen molar-refractivity contribution in [2.45, 2.75) is 51.9 Å². The molecule has 1 saturated carbocycles. The van der Waals surface area contributed by atoms with Gasteiger partial charge in [-0.25, -0.2) is 0 Å². The van der Waals surface area contributed by atoms with Crippen molar-refractivity contribution >= 4 is 0 Å². The highest BCUT2D eigenvalue weighted by atomic mass is 16.3. The summed E-state index contributed by atoms with van der Waals surface area (Å²) < 4.78 is 0. The minimum atomic E-state index is 0.136. The zero-order valence-electron chi connectivity index (χ0n) is 14.9. The van der Waals surface area contributed by atoms with Crippen LogP contribution in [0.1, 0.15) is 51.2 Å². The van der Waals surface area contributed by atoms with Crippen LogP contribution in [0.15, 0.2) is 48.5 Å². The molecule has 1 fully saturated rings. The highest BCUT2D eigenvalue weighted by Crippen LogP contribution is 2.51. The van der Waals surface area contributed by atoms with Crippen molar-refractivity contribution in [3.63, 3.8) is 0 Å². The zero-order valence-corrected chi connectivity index (χ0v) is 14.9. The number of aromatic hydroxyl groups is 2. The van der Waals surface area contributed by atoms with Gasteiger partial charge in [0.05, 0.1) is 0 Å². The minimum Gasteiger partial charge on any atom is -0.508 e. The molecule has 0 saturated heterocycles. The molecule has 0 bridgehead atoms. The lowest BCUT2D eigenvalue weighted by Gasteiger charge is -2.48. The van der Waals surface area contributed by atoms with Crippen molar-refractivity contribution in [1.82, 2.24) is 0 Å². The van der Waals surface area contributed by atoms with Gasteiger partial charge < -0.3 is 10.2 Å². The third kappa shape index (κ3) is 3.58. The van der Waals surface area contributed by atoms with Gasteiger partial charge in [0, 0.05) is 0 Å². The van der Waals surface area contributed by atoms with Crippen LogP contribution < -0.4 is 0 Å². The van der Waals surface area contributed by atoms with Gasteiger partial charge in [0.2, 0.25) is 0 Å². The molecule has 2 N–H and O–H groups in total. The normalized spacial score (nSPS) is 30.2. The SMILES string of the molecule is CC1CC(C)(Cc2ccc(O)cc2)CC(C)(c2ccc(O)cc2)C1. The first-order chi connectivity index (χ1) is 11.3. The van der Waals surface area contributed by atoms with Crippen molar-refractivity contribution < 1.29 is 10.2 Å². The van der Waals surface area contributed by atoms with Gasteiger partial charge in [0.25, 0.3) is 0 Å². The smallest absolute Gasteiger partial charge is 0.115 e. The van der Waals surface area contributed by atoms with Gasteiger partial charge in [-0.2, -0.15) is 0 Å². The molecule has 128 valence electrons. The predicted octanol–water partition coefficient (Wildman–Crippen LogP) is 5.42. The van der Waals surface area contributed by atoms with Crippen LogP contribution in [0.3, 0.4) is 0 Å². The molecule has 2 heteroatoms. The van der Waals surface area contributed by atoms with E-state index in [9.17, 15) is 10.2 Å². The van der Waals surface area contributed by atoms with Crippen LogP contribution in [0, 0.1) is 11.3 Å². The second-order valence-electron chi connectivity index (χ2n) is 8.45. The van der Waals surface area contributed by atoms with E-state index in [1.807, 2.05) is 12.1 Å². The van der Waals surface area contributed by atoms with Gasteiger partial charge in [-0.1, -0.05) is 45.0 Å². The molecule has 1 aliphatic rings. The molecule has 0 heterocycles. The summed E-state index contributed by atoms with van der Waals surface area (Å²) in [5.41, 5.74) is 2.99. The van der Waals surface area contributed by atoms with Crippen LogP contribution in [0.4, 0.5) is 0 Å². The summed E-state index contributed by atoms with van der Waals surface area (Å²) in [6.07, 6.45) is 4.58. The first-order valence-corrected chi connectivity index (χ1v) is 8.86. The molecule has 24 heavy (non-hydrogen) atoms. The van der Waals surface area contributed by atoms with Gasteiger partial charge in [0.1, 0.15) is 11.5 Å². The molecule has 3 atom stereocenters. The van der Waals surface area contributed by atoms with Crippen molar-refractivity contribution in [1.29, 1.82) is 0 Å². The second-order valence-corrected chi connectivity index (χ2v) is 8.45. The fourth-order valence-corrected chi connectivity index (χ4v) is 5.09. The molecule has 2 nitrogen and oxygen atoms in total. The molecule has 0 radical (unpaired) electrons. The zero-order chi connectivity index (χ0) is 17.4. The van der Waals surface area contributed by atoms with E-state index in [1.54, 1.807) is 24.3 Å². The number of phenols is 2. The third-order valence-electron chi connectivity index (χ3n) is 5.59. The van der Waals surface area contributed by atoms with Crippen molar-refractivity contribution in [3.05, 3.63) is 59.7 Å². The van der Waals surface area contributed by atoms with E-state index < -0.39 is 0 Å². The second kappa shape index (κ2) is 6.16. The molecular formula is C22H28O2. The van der Waals surface area contributed by atoms with E-state index in [1.165, 1.54) is 24.0 Å². The number of hydrogen-bond acceptors (Lipinski definition) is 2. The summed E-state index contributed by atoms with van der Waals surface area (Å²) in [4.78, 5) is 0. The van der Waals surface area contributed by atoms with E-state index in [-0.39, 0.29) is 10.8 Å². The maximum Gasteiger partial charge on any atom is 0.115 e. The van der Waals surface area contributed by atoms with Gasteiger partial charge >= 0.3 is 0 Å². The molecule has 0 aromatic heterocycles. The van der Waals surface area contributed by atoms with Gasteiger partial charge in [-0.15, -0.1) is 0 Å². The Labute approximate surface area is 145 Å². The van der Waals surface area contributed by atoms with Gasteiger partial charge in [-0.05, 0) is 77.8 Å². The largest absolute Gasteiger partial charge is 0.508 e. The molecule has 3 unspecified atom stereocenters. The highest BCUT2D eigenvalue weighted by molar-refractivity contribution is 5.33. The van der Waals surface area contributed by atoms with Gasteiger partial charge in [-0.3, -0.25) is 0 Å². The van der Waals surface area contributed by atoms with E-state index in [4.69, 9.17) is 0 Å². The van der Waals surface area contributed by atoms with E-state index in [2.05, 4.69) is 32.9 Å². The lowest BCUT2D eigenvalue weighted by atomic mass is 9.57. The Morgan fingerprint density at radius 1 is 0.875 bits per heavy atom. The summed E-state index contributed by atoms with van der Waals surface area (Å²) in [6.45, 7) is 7.12. The number of phenolic OH excluding ortho intramolecular Hbond substituents is 2. The van der Waals surface area contributed by atoms with E-state index in [0.29, 0.717) is 17.4 Å². The Morgan fingerprint density at radius 2 is 1.42 bits per heavy atom. The van der Waals surface area contributed by atoms with Crippen molar-refractivity contribution in [2.24, 2.45) is 11.3 Å². The molecular weight excluding hydrogens is 296 g/mol. The molecule has 1 aliphatic carbocycles. The summed E-state index contributed by atoms with van der Waals surface area (Å²) >= 11 is 0. The highest BCUT2D eigenvalue weighted by Gasteiger charge is 2.43. The van der Waals surface area contributed by atoms with Crippen LogP contribution in [-0.2, 0) is 11.8 Å². The lowest BCUT2D eigenvalue weighted by molar-refractivity contribution is 0.0978. The number of hydrogen-bond donors (Lipinski definition) is 2. The Kier molecular flexibility index (Phi) is 4.33. The molecule has 0 spiro atoms. The van der Waals surface area contributed by atoms with Gasteiger partial charge in [0.15, 0.2) is 0 Å². The van der Waals surface area contributed by atoms with Crippen LogP contribution in [-0.4, -0.2) is 10.2 Å². The molecule has 2 aromatic rings. The van der Waals surface area contributed by atoms with Crippen LogP contribution in [0.5, 0.6) is 11.5 Å². The topological polar surface area (TPSA) is 40.5 Å². The molecule has 3 rings (SSSR count). The molecule has 0 amide bonds. The number of rotatable bonds is 3. The maximum absolute atomic E-state index is 9.59. The number of benzene rings is 2.